The van der Waals surface area contributed by atoms with Gasteiger partial charge in [-0.2, -0.15) is 10.2 Å². The zero-order valence-electron chi connectivity index (χ0n) is 9.43. The number of hydrogen-bond donors (Lipinski definition) is 1. The number of aryl methyl sites for hydroxylation is 2. The molecule has 2 aromatic rings. The minimum Gasteiger partial charge on any atom is -0.318 e. The van der Waals surface area contributed by atoms with Gasteiger partial charge in [-0.15, -0.1) is 0 Å². The summed E-state index contributed by atoms with van der Waals surface area (Å²) in [5.41, 5.74) is 2.01. The first kappa shape index (κ1) is 10.4. The molecule has 0 bridgehead atoms. The third-order valence-electron chi connectivity index (χ3n) is 2.43. The average Bonchev–Trinajstić information content (AvgIpc) is 2.79. The average molecular weight is 219 g/mol. The van der Waals surface area contributed by atoms with E-state index in [-0.39, 0.29) is 5.91 Å². The molecule has 16 heavy (non-hydrogen) atoms. The Morgan fingerprint density at radius 2 is 2.19 bits per heavy atom. The van der Waals surface area contributed by atoms with Gasteiger partial charge in [-0.3, -0.25) is 14.2 Å². The molecule has 0 radical (unpaired) electrons. The number of aromatic nitrogens is 4. The van der Waals surface area contributed by atoms with E-state index in [1.54, 1.807) is 34.9 Å². The number of carbonyl (C=O) groups is 1. The highest BCUT2D eigenvalue weighted by Crippen LogP contribution is 2.13. The van der Waals surface area contributed by atoms with Crippen LogP contribution in [-0.2, 0) is 14.1 Å². The molecule has 0 aliphatic heterocycles. The Labute approximate surface area is 92.9 Å². The van der Waals surface area contributed by atoms with Crippen LogP contribution in [0.3, 0.4) is 0 Å². The van der Waals surface area contributed by atoms with Gasteiger partial charge < -0.3 is 5.32 Å². The summed E-state index contributed by atoms with van der Waals surface area (Å²) in [5.74, 6) is -0.225. The quantitative estimate of drug-likeness (QED) is 0.809. The van der Waals surface area contributed by atoms with Gasteiger partial charge in [0.15, 0.2) is 5.69 Å². The summed E-state index contributed by atoms with van der Waals surface area (Å²) in [6.07, 6.45) is 3.35. The highest BCUT2D eigenvalue weighted by molar-refractivity contribution is 6.03. The van der Waals surface area contributed by atoms with Crippen LogP contribution in [0.4, 0.5) is 5.69 Å². The van der Waals surface area contributed by atoms with Crippen LogP contribution in [0, 0.1) is 6.92 Å². The van der Waals surface area contributed by atoms with Gasteiger partial charge in [0.1, 0.15) is 0 Å². The molecule has 0 aliphatic rings. The monoisotopic (exact) mass is 219 g/mol. The molecule has 84 valence electrons. The molecule has 0 fully saturated rings. The maximum absolute atomic E-state index is 11.8. The Bertz CT molecular complexity index is 525. The lowest BCUT2D eigenvalue weighted by atomic mass is 10.3. The van der Waals surface area contributed by atoms with Crippen LogP contribution >= 0.6 is 0 Å². The number of anilines is 1. The smallest absolute Gasteiger partial charge is 0.276 e. The second-order valence-corrected chi connectivity index (χ2v) is 3.60. The minimum atomic E-state index is -0.225. The lowest BCUT2D eigenvalue weighted by Gasteiger charge is -2.01. The van der Waals surface area contributed by atoms with Crippen LogP contribution in [-0.4, -0.2) is 25.5 Å². The number of amides is 1. The summed E-state index contributed by atoms with van der Waals surface area (Å²) in [4.78, 5) is 11.8. The second-order valence-electron chi connectivity index (χ2n) is 3.60. The summed E-state index contributed by atoms with van der Waals surface area (Å²) >= 11 is 0. The Morgan fingerprint density at radius 3 is 2.69 bits per heavy atom. The molecule has 0 saturated carbocycles. The van der Waals surface area contributed by atoms with Crippen molar-refractivity contribution in [1.82, 2.24) is 19.6 Å². The van der Waals surface area contributed by atoms with Crippen molar-refractivity contribution in [1.29, 1.82) is 0 Å². The molecule has 0 aliphatic carbocycles. The van der Waals surface area contributed by atoms with E-state index in [0.717, 1.165) is 5.69 Å². The van der Waals surface area contributed by atoms with Gasteiger partial charge in [0, 0.05) is 20.3 Å². The third-order valence-corrected chi connectivity index (χ3v) is 2.43. The van der Waals surface area contributed by atoms with Crippen LogP contribution in [0.15, 0.2) is 18.5 Å². The first-order valence-corrected chi connectivity index (χ1v) is 4.87. The first-order valence-electron chi connectivity index (χ1n) is 4.87. The van der Waals surface area contributed by atoms with Gasteiger partial charge in [-0.1, -0.05) is 0 Å². The van der Waals surface area contributed by atoms with Gasteiger partial charge in [-0.05, 0) is 13.0 Å². The van der Waals surface area contributed by atoms with Gasteiger partial charge in [-0.25, -0.2) is 0 Å². The molecule has 0 saturated heterocycles. The lowest BCUT2D eigenvalue weighted by Crippen LogP contribution is -2.13. The predicted molar refractivity (Wildman–Crippen MR) is 59.1 cm³/mol. The summed E-state index contributed by atoms with van der Waals surface area (Å²) in [6, 6.07) is 1.67. The Morgan fingerprint density at radius 1 is 1.44 bits per heavy atom. The van der Waals surface area contributed by atoms with E-state index in [0.29, 0.717) is 11.4 Å². The highest BCUT2D eigenvalue weighted by atomic mass is 16.2. The van der Waals surface area contributed by atoms with Crippen LogP contribution in [0.2, 0.25) is 0 Å². The highest BCUT2D eigenvalue weighted by Gasteiger charge is 2.11. The topological polar surface area (TPSA) is 64.7 Å². The summed E-state index contributed by atoms with van der Waals surface area (Å²) in [7, 11) is 3.60. The molecule has 6 nitrogen and oxygen atoms in total. The summed E-state index contributed by atoms with van der Waals surface area (Å²) in [5, 5.41) is 10.8. The standard InChI is InChI=1S/C10H13N5O/c1-7-9(6-11-15(7)3)12-10(16)8-4-5-14(2)13-8/h4-6H,1-3H3,(H,12,16). The maximum atomic E-state index is 11.8. The molecular weight excluding hydrogens is 206 g/mol. The van der Waals surface area contributed by atoms with E-state index in [2.05, 4.69) is 15.5 Å². The van der Waals surface area contributed by atoms with Crippen LogP contribution in [0.25, 0.3) is 0 Å². The zero-order chi connectivity index (χ0) is 11.7. The summed E-state index contributed by atoms with van der Waals surface area (Å²) in [6.45, 7) is 1.89. The maximum Gasteiger partial charge on any atom is 0.276 e. The Kier molecular flexibility index (Phi) is 2.47. The fourth-order valence-corrected chi connectivity index (χ4v) is 1.34. The second kappa shape index (κ2) is 3.80. The van der Waals surface area contributed by atoms with E-state index >= 15 is 0 Å². The van der Waals surface area contributed by atoms with E-state index < -0.39 is 0 Å². The van der Waals surface area contributed by atoms with Crippen molar-refractivity contribution >= 4 is 11.6 Å². The number of carbonyl (C=O) groups excluding carboxylic acids is 1. The van der Waals surface area contributed by atoms with Crippen molar-refractivity contribution in [2.24, 2.45) is 14.1 Å². The minimum absolute atomic E-state index is 0.225. The molecule has 1 amide bonds. The van der Waals surface area contributed by atoms with E-state index in [9.17, 15) is 4.79 Å². The zero-order valence-corrected chi connectivity index (χ0v) is 9.43. The van der Waals surface area contributed by atoms with Gasteiger partial charge in [0.2, 0.25) is 0 Å². The van der Waals surface area contributed by atoms with Crippen LogP contribution in [0.1, 0.15) is 16.2 Å². The molecule has 6 heteroatoms. The third kappa shape index (κ3) is 1.81. The van der Waals surface area contributed by atoms with Crippen molar-refractivity contribution in [3.8, 4) is 0 Å². The Hall–Kier alpha value is -2.11. The van der Waals surface area contributed by atoms with Crippen LogP contribution in [0.5, 0.6) is 0 Å². The first-order chi connectivity index (χ1) is 7.58. The fourth-order valence-electron chi connectivity index (χ4n) is 1.34. The number of nitrogens with zero attached hydrogens (tertiary/aromatic N) is 4. The van der Waals surface area contributed by atoms with Crippen LogP contribution < -0.4 is 5.32 Å². The molecule has 2 heterocycles. The summed E-state index contributed by atoms with van der Waals surface area (Å²) < 4.78 is 3.29. The van der Waals surface area contributed by atoms with Crippen molar-refractivity contribution in [3.05, 3.63) is 29.8 Å². The SMILES string of the molecule is Cc1c(NC(=O)c2ccn(C)n2)cnn1C. The molecule has 0 atom stereocenters. The Balaban J connectivity index is 2.17. The van der Waals surface area contributed by atoms with E-state index in [1.807, 2.05) is 14.0 Å². The molecule has 0 aromatic carbocycles. The van der Waals surface area contributed by atoms with Gasteiger partial charge >= 0.3 is 0 Å². The normalized spacial score (nSPS) is 10.4. The van der Waals surface area contributed by atoms with Crippen molar-refractivity contribution in [2.45, 2.75) is 6.92 Å². The number of hydrogen-bond acceptors (Lipinski definition) is 3. The van der Waals surface area contributed by atoms with Crippen molar-refractivity contribution in [2.75, 3.05) is 5.32 Å². The number of rotatable bonds is 2. The molecular formula is C10H13N5O. The van der Waals surface area contributed by atoms with E-state index in [1.165, 1.54) is 0 Å². The molecule has 2 rings (SSSR count). The number of nitrogens with one attached hydrogen (secondary N) is 1. The van der Waals surface area contributed by atoms with Crippen molar-refractivity contribution < 1.29 is 4.79 Å². The van der Waals surface area contributed by atoms with Gasteiger partial charge in [0.25, 0.3) is 5.91 Å². The van der Waals surface area contributed by atoms with E-state index in [4.69, 9.17) is 0 Å². The molecule has 0 spiro atoms. The van der Waals surface area contributed by atoms with Crippen molar-refractivity contribution in [3.63, 3.8) is 0 Å². The fraction of sp³-hybridized carbons (Fsp3) is 0.300. The van der Waals surface area contributed by atoms with Gasteiger partial charge in [0.05, 0.1) is 17.6 Å². The predicted octanol–water partition coefficient (Wildman–Crippen LogP) is 0.714. The lowest BCUT2D eigenvalue weighted by molar-refractivity contribution is 0.102. The molecule has 0 unspecified atom stereocenters. The molecule has 2 aromatic heterocycles. The largest absolute Gasteiger partial charge is 0.318 e. The molecule has 1 N–H and O–H groups in total.